The largest absolute Gasteiger partial charge is 0.462 e. The Kier molecular flexibility index (Phi) is 6.72. The summed E-state index contributed by atoms with van der Waals surface area (Å²) >= 11 is 0. The van der Waals surface area contributed by atoms with Crippen LogP contribution in [0.2, 0.25) is 0 Å². The van der Waals surface area contributed by atoms with Crippen LogP contribution in [0.5, 0.6) is 0 Å². The van der Waals surface area contributed by atoms with E-state index in [4.69, 9.17) is 0 Å². The Morgan fingerprint density at radius 1 is 0.594 bits per heavy atom. The zero-order valence-corrected chi connectivity index (χ0v) is 14.1. The number of nitrogens with one attached hydrogen (secondary N) is 1. The first-order chi connectivity index (χ1) is 13.8. The van der Waals surface area contributed by atoms with Gasteiger partial charge in [-0.05, 0) is 0 Å². The second kappa shape index (κ2) is 7.62. The summed E-state index contributed by atoms with van der Waals surface area (Å²) in [5, 5.41) is 1.24. The van der Waals surface area contributed by atoms with Crippen molar-refractivity contribution in [2.45, 2.75) is 48.4 Å². The van der Waals surface area contributed by atoms with Crippen molar-refractivity contribution in [3.05, 3.63) is 0 Å². The van der Waals surface area contributed by atoms with Crippen molar-refractivity contribution in [3.8, 4) is 0 Å². The number of halogens is 17. The van der Waals surface area contributed by atoms with Crippen LogP contribution in [0.15, 0.2) is 4.99 Å². The summed E-state index contributed by atoms with van der Waals surface area (Å²) in [5.74, 6) is -24.3. The van der Waals surface area contributed by atoms with Crippen molar-refractivity contribution in [1.82, 2.24) is 5.32 Å². The molecule has 0 saturated carbocycles. The van der Waals surface area contributed by atoms with Crippen LogP contribution < -0.4 is 5.32 Å². The van der Waals surface area contributed by atoms with Gasteiger partial charge in [0.15, 0.2) is 5.84 Å². The lowest BCUT2D eigenvalue weighted by atomic mass is 10.2. The first-order valence-corrected chi connectivity index (χ1v) is 7.17. The molecule has 1 aliphatic rings. The van der Waals surface area contributed by atoms with Gasteiger partial charge in [-0.15, -0.1) is 0 Å². The van der Waals surface area contributed by atoms with E-state index < -0.39 is 67.3 Å². The standard InChI is InChI=1S/C11H5F17N2O2/c12-4(7(16,17)18,3-29-1-2-30-3)31-11(27,28)6(15,9(22,23)24)32-10(25,26)5(13,14)8(19,20)21/h1-2H2,(H,29,30)/t4-,6+/m1/s1. The van der Waals surface area contributed by atoms with E-state index in [2.05, 4.69) is 9.73 Å². The molecule has 0 spiro atoms. The number of amidine groups is 1. The number of rotatable bonds is 7. The van der Waals surface area contributed by atoms with Crippen LogP contribution in [0.3, 0.4) is 0 Å². The molecule has 32 heavy (non-hydrogen) atoms. The normalized spacial score (nSPS) is 21.0. The smallest absolute Gasteiger partial charge is 0.367 e. The molecule has 1 heterocycles. The molecule has 0 amide bonds. The lowest BCUT2D eigenvalue weighted by molar-refractivity contribution is -0.547. The summed E-state index contributed by atoms with van der Waals surface area (Å²) in [7, 11) is 0. The van der Waals surface area contributed by atoms with Gasteiger partial charge in [0.05, 0.1) is 6.54 Å². The second-order valence-corrected chi connectivity index (χ2v) is 5.65. The maximum absolute atomic E-state index is 14.1. The van der Waals surface area contributed by atoms with Gasteiger partial charge in [-0.1, -0.05) is 0 Å². The fourth-order valence-corrected chi connectivity index (χ4v) is 1.78. The quantitative estimate of drug-likeness (QED) is 0.488. The molecule has 0 saturated heterocycles. The number of alkyl halides is 17. The highest BCUT2D eigenvalue weighted by molar-refractivity contribution is 5.91. The molecule has 0 aliphatic carbocycles. The molecular formula is C11H5F17N2O2. The Bertz CT molecular complexity index is 725. The van der Waals surface area contributed by atoms with Crippen LogP contribution in [-0.2, 0) is 9.47 Å². The van der Waals surface area contributed by atoms with E-state index in [1.807, 2.05) is 0 Å². The lowest BCUT2D eigenvalue weighted by Crippen LogP contribution is -2.68. The van der Waals surface area contributed by atoms with Crippen LogP contribution in [0.25, 0.3) is 0 Å². The van der Waals surface area contributed by atoms with Crippen LogP contribution in [0.4, 0.5) is 74.6 Å². The fraction of sp³-hybridized carbons (Fsp3) is 0.909. The third-order valence-corrected chi connectivity index (χ3v) is 3.34. The van der Waals surface area contributed by atoms with Crippen molar-refractivity contribution in [3.63, 3.8) is 0 Å². The Balaban J connectivity index is 3.59. The molecule has 0 fully saturated rings. The van der Waals surface area contributed by atoms with Crippen LogP contribution in [0.1, 0.15) is 0 Å². The topological polar surface area (TPSA) is 42.9 Å². The van der Waals surface area contributed by atoms with Crippen molar-refractivity contribution in [2.24, 2.45) is 4.99 Å². The highest BCUT2D eigenvalue weighted by Gasteiger charge is 2.85. The van der Waals surface area contributed by atoms with Crippen LogP contribution in [-0.4, -0.2) is 67.3 Å². The zero-order valence-electron chi connectivity index (χ0n) is 14.1. The molecule has 1 N–H and O–H groups in total. The average Bonchev–Trinajstić information content (AvgIpc) is 3.05. The molecule has 0 aromatic carbocycles. The molecule has 21 heteroatoms. The van der Waals surface area contributed by atoms with Gasteiger partial charge in [0.1, 0.15) is 0 Å². The zero-order chi connectivity index (χ0) is 25.8. The van der Waals surface area contributed by atoms with E-state index in [9.17, 15) is 74.6 Å². The first-order valence-electron chi connectivity index (χ1n) is 7.17. The minimum absolute atomic E-state index is 0.779. The third-order valence-electron chi connectivity index (χ3n) is 3.34. The molecule has 1 aliphatic heterocycles. The third kappa shape index (κ3) is 4.49. The molecule has 2 atom stereocenters. The van der Waals surface area contributed by atoms with Gasteiger partial charge in [-0.2, -0.15) is 74.6 Å². The second-order valence-electron chi connectivity index (χ2n) is 5.65. The Morgan fingerprint density at radius 2 is 1.06 bits per heavy atom. The minimum Gasteiger partial charge on any atom is -0.367 e. The predicted molar refractivity (Wildman–Crippen MR) is 63.2 cm³/mol. The summed E-state index contributed by atoms with van der Waals surface area (Å²) in [6, 6.07) is 0. The monoisotopic (exact) mass is 520 g/mol. The Morgan fingerprint density at radius 3 is 1.38 bits per heavy atom. The summed E-state index contributed by atoms with van der Waals surface area (Å²) in [5.41, 5.74) is 0. The molecule has 0 aromatic heterocycles. The van der Waals surface area contributed by atoms with E-state index in [0.29, 0.717) is 0 Å². The number of hydrogen-bond donors (Lipinski definition) is 1. The molecule has 1 rings (SSSR count). The SMILES string of the molecule is FC(F)(F)C(F)(F)C(F)(F)O[C@@](F)(C(F)(F)F)C(F)(F)O[C@](F)(C1=NCCN1)C(F)(F)F. The molecular weight excluding hydrogens is 515 g/mol. The summed E-state index contributed by atoms with van der Waals surface area (Å²) < 4.78 is 223. The highest BCUT2D eigenvalue weighted by Crippen LogP contribution is 2.56. The summed E-state index contributed by atoms with van der Waals surface area (Å²) in [4.78, 5) is 2.54. The van der Waals surface area contributed by atoms with Crippen molar-refractivity contribution >= 4 is 5.84 Å². The van der Waals surface area contributed by atoms with Crippen LogP contribution in [0, 0.1) is 0 Å². The van der Waals surface area contributed by atoms with Crippen LogP contribution >= 0.6 is 0 Å². The van der Waals surface area contributed by atoms with Crippen molar-refractivity contribution < 1.29 is 84.1 Å². The molecule has 0 bridgehead atoms. The molecule has 0 unspecified atom stereocenters. The number of aliphatic imine (C=N–C) groups is 1. The first kappa shape index (κ1) is 28.2. The summed E-state index contributed by atoms with van der Waals surface area (Å²) in [6.45, 7) is -1.63. The molecule has 0 radical (unpaired) electrons. The highest BCUT2D eigenvalue weighted by atomic mass is 19.4. The van der Waals surface area contributed by atoms with Gasteiger partial charge in [0, 0.05) is 6.54 Å². The maximum atomic E-state index is 14.1. The minimum atomic E-state index is -7.89. The molecule has 190 valence electrons. The number of hydrogen-bond acceptors (Lipinski definition) is 4. The fourth-order valence-electron chi connectivity index (χ4n) is 1.78. The lowest BCUT2D eigenvalue weighted by Gasteiger charge is -2.40. The van der Waals surface area contributed by atoms with Gasteiger partial charge < -0.3 is 5.32 Å². The maximum Gasteiger partial charge on any atom is 0.462 e. The van der Waals surface area contributed by atoms with Gasteiger partial charge in [-0.3, -0.25) is 14.5 Å². The summed E-state index contributed by atoms with van der Waals surface area (Å²) in [6.07, 6.45) is -37.7. The predicted octanol–water partition coefficient (Wildman–Crippen LogP) is 4.86. The molecule has 4 nitrogen and oxygen atoms in total. The Hall–Kier alpha value is -1.80. The van der Waals surface area contributed by atoms with E-state index in [0.717, 1.165) is 0 Å². The van der Waals surface area contributed by atoms with Gasteiger partial charge in [0.2, 0.25) is 0 Å². The van der Waals surface area contributed by atoms with Crippen molar-refractivity contribution in [2.75, 3.05) is 13.1 Å². The average molecular weight is 520 g/mol. The van der Waals surface area contributed by atoms with E-state index >= 15 is 0 Å². The van der Waals surface area contributed by atoms with Gasteiger partial charge in [-0.25, -0.2) is 0 Å². The molecule has 0 aromatic rings. The number of nitrogens with zero attached hydrogens (tertiary/aromatic N) is 1. The van der Waals surface area contributed by atoms with Crippen molar-refractivity contribution in [1.29, 1.82) is 0 Å². The van der Waals surface area contributed by atoms with E-state index in [1.165, 1.54) is 10.1 Å². The number of ether oxygens (including phenoxy) is 2. The van der Waals surface area contributed by atoms with E-state index in [-0.39, 0.29) is 0 Å². The Labute approximate surface area is 163 Å². The van der Waals surface area contributed by atoms with E-state index in [1.54, 1.807) is 0 Å². The van der Waals surface area contributed by atoms with Gasteiger partial charge in [0.25, 0.3) is 0 Å². The van der Waals surface area contributed by atoms with Gasteiger partial charge >= 0.3 is 48.4 Å².